The number of aromatic hydroxyl groups is 1. The van der Waals surface area contributed by atoms with Crippen LogP contribution in [-0.4, -0.2) is 21.7 Å². The third-order valence-corrected chi connectivity index (χ3v) is 2.06. The highest BCUT2D eigenvalue weighted by molar-refractivity contribution is 5.85. The minimum absolute atomic E-state index is 0. The number of rotatable bonds is 3. The molecule has 0 aliphatic heterocycles. The molecule has 0 radical (unpaired) electrons. The Morgan fingerprint density at radius 3 is 2.31 bits per heavy atom. The molecule has 0 heterocycles. The van der Waals surface area contributed by atoms with Gasteiger partial charge >= 0.3 is 5.97 Å². The summed E-state index contributed by atoms with van der Waals surface area (Å²) in [6.45, 7) is 0. The van der Waals surface area contributed by atoms with Gasteiger partial charge in [-0.15, -0.1) is 18.8 Å². The highest BCUT2D eigenvalue weighted by Crippen LogP contribution is 2.14. The van der Waals surface area contributed by atoms with E-state index >= 15 is 0 Å². The summed E-state index contributed by atoms with van der Waals surface area (Å²) in [4.78, 5) is 10.8. The van der Waals surface area contributed by atoms with Gasteiger partial charge in [0.1, 0.15) is 5.75 Å². The maximum Gasteiger partial charge on any atom is 0.336 e. The Morgan fingerprint density at radius 2 is 1.94 bits per heavy atom. The average Bonchev–Trinajstić information content (AvgIpc) is 2.21. The molecule has 1 aromatic carbocycles. The van der Waals surface area contributed by atoms with Crippen LogP contribution in [0.4, 0.5) is 0 Å². The van der Waals surface area contributed by atoms with Gasteiger partial charge in [0.2, 0.25) is 0 Å². The van der Waals surface area contributed by atoms with E-state index in [1.54, 1.807) is 12.1 Å². The van der Waals surface area contributed by atoms with Crippen LogP contribution < -0.4 is 5.73 Å². The fourth-order valence-electron chi connectivity index (χ4n) is 1.12. The van der Waals surface area contributed by atoms with Crippen molar-refractivity contribution in [3.8, 4) is 18.1 Å². The first kappa shape index (κ1) is 14.3. The minimum atomic E-state index is -1.70. The van der Waals surface area contributed by atoms with E-state index in [9.17, 15) is 4.79 Å². The van der Waals surface area contributed by atoms with Crippen molar-refractivity contribution in [3.63, 3.8) is 0 Å². The van der Waals surface area contributed by atoms with Crippen molar-refractivity contribution >= 4 is 18.4 Å². The number of nitrogens with two attached hydrogens (primary N) is 1. The van der Waals surface area contributed by atoms with E-state index in [0.29, 0.717) is 5.56 Å². The first-order chi connectivity index (χ1) is 6.98. The summed E-state index contributed by atoms with van der Waals surface area (Å²) >= 11 is 0. The lowest BCUT2D eigenvalue weighted by atomic mass is 9.93. The van der Waals surface area contributed by atoms with Crippen LogP contribution in [0.2, 0.25) is 0 Å². The predicted octanol–water partition coefficient (Wildman–Crippen LogP) is 0.772. The van der Waals surface area contributed by atoms with Gasteiger partial charge < -0.3 is 15.9 Å². The van der Waals surface area contributed by atoms with E-state index in [-0.39, 0.29) is 24.6 Å². The van der Waals surface area contributed by atoms with Gasteiger partial charge in [-0.1, -0.05) is 18.1 Å². The van der Waals surface area contributed by atoms with Crippen molar-refractivity contribution in [1.82, 2.24) is 0 Å². The van der Waals surface area contributed by atoms with Gasteiger partial charge in [0.15, 0.2) is 5.54 Å². The molecular formula is C11H12ClNO3. The summed E-state index contributed by atoms with van der Waals surface area (Å²) in [5, 5.41) is 17.9. The van der Waals surface area contributed by atoms with Gasteiger partial charge in [-0.05, 0) is 17.7 Å². The lowest BCUT2D eigenvalue weighted by Gasteiger charge is -2.17. The first-order valence-electron chi connectivity index (χ1n) is 4.26. The molecule has 0 amide bonds. The summed E-state index contributed by atoms with van der Waals surface area (Å²) in [6.07, 6.45) is 5.11. The number of halogens is 1. The highest BCUT2D eigenvalue weighted by atomic mass is 35.5. The topological polar surface area (TPSA) is 83.5 Å². The summed E-state index contributed by atoms with van der Waals surface area (Å²) in [6, 6.07) is 6.07. The Balaban J connectivity index is 0.00000225. The standard InChI is InChI=1S/C11H11NO3.ClH/c1-2-11(12,10(14)15)7-8-3-5-9(13)6-4-8;/h1,3-6,13H,7,12H2,(H,14,15);1H/t11-;/m0./s1. The SMILES string of the molecule is C#C[C@](N)(Cc1ccc(O)cc1)C(=O)O.Cl. The van der Waals surface area contributed by atoms with E-state index in [1.807, 2.05) is 0 Å². The van der Waals surface area contributed by atoms with Crippen molar-refractivity contribution < 1.29 is 15.0 Å². The van der Waals surface area contributed by atoms with E-state index in [0.717, 1.165) is 0 Å². The molecule has 0 saturated carbocycles. The van der Waals surface area contributed by atoms with Gasteiger partial charge in [0.25, 0.3) is 0 Å². The molecule has 0 spiro atoms. The van der Waals surface area contributed by atoms with E-state index < -0.39 is 11.5 Å². The summed E-state index contributed by atoms with van der Waals surface area (Å²) in [7, 11) is 0. The predicted molar refractivity (Wildman–Crippen MR) is 62.4 cm³/mol. The molecule has 1 aromatic rings. The number of carbonyl (C=O) groups is 1. The molecule has 4 N–H and O–H groups in total. The molecule has 86 valence electrons. The third-order valence-electron chi connectivity index (χ3n) is 2.06. The van der Waals surface area contributed by atoms with Gasteiger partial charge in [-0.3, -0.25) is 0 Å². The van der Waals surface area contributed by atoms with Crippen molar-refractivity contribution in [2.45, 2.75) is 12.0 Å². The molecule has 0 unspecified atom stereocenters. The van der Waals surface area contributed by atoms with Gasteiger partial charge in [0.05, 0.1) is 0 Å². The minimum Gasteiger partial charge on any atom is -0.508 e. The number of phenols is 1. The summed E-state index contributed by atoms with van der Waals surface area (Å²) < 4.78 is 0. The molecule has 0 fully saturated rings. The molecule has 4 nitrogen and oxygen atoms in total. The normalized spacial score (nSPS) is 13.0. The Kier molecular flexibility index (Phi) is 4.83. The zero-order valence-electron chi connectivity index (χ0n) is 8.38. The van der Waals surface area contributed by atoms with Crippen molar-refractivity contribution in [2.75, 3.05) is 0 Å². The van der Waals surface area contributed by atoms with E-state index in [1.165, 1.54) is 12.1 Å². The summed E-state index contributed by atoms with van der Waals surface area (Å²) in [5.74, 6) is 0.928. The van der Waals surface area contributed by atoms with Crippen LogP contribution in [0.15, 0.2) is 24.3 Å². The van der Waals surface area contributed by atoms with Crippen molar-refractivity contribution in [1.29, 1.82) is 0 Å². The fourth-order valence-corrected chi connectivity index (χ4v) is 1.12. The lowest BCUT2D eigenvalue weighted by molar-refractivity contribution is -0.141. The number of carboxylic acid groups (broad SMARTS) is 1. The molecule has 0 aliphatic rings. The summed E-state index contributed by atoms with van der Waals surface area (Å²) in [5.41, 5.74) is 4.48. The molecule has 1 rings (SSSR count). The molecule has 0 saturated heterocycles. The fraction of sp³-hybridized carbons (Fsp3) is 0.182. The molecule has 0 aromatic heterocycles. The number of hydrogen-bond donors (Lipinski definition) is 3. The second-order valence-corrected chi connectivity index (χ2v) is 3.26. The van der Waals surface area contributed by atoms with E-state index in [2.05, 4.69) is 5.92 Å². The number of hydrogen-bond acceptors (Lipinski definition) is 3. The van der Waals surface area contributed by atoms with Crippen molar-refractivity contribution in [3.05, 3.63) is 29.8 Å². The average molecular weight is 242 g/mol. The monoisotopic (exact) mass is 241 g/mol. The van der Waals surface area contributed by atoms with Crippen LogP contribution in [0, 0.1) is 12.3 Å². The number of phenolic OH excluding ortho intramolecular Hbond substituents is 1. The Hall–Kier alpha value is -1.70. The second-order valence-electron chi connectivity index (χ2n) is 3.26. The molecule has 1 atom stereocenters. The Labute approximate surface area is 99.5 Å². The second kappa shape index (κ2) is 5.40. The van der Waals surface area contributed by atoms with Crippen LogP contribution in [0.25, 0.3) is 0 Å². The third kappa shape index (κ3) is 3.16. The Morgan fingerprint density at radius 1 is 1.44 bits per heavy atom. The van der Waals surface area contributed by atoms with Gasteiger partial charge in [0, 0.05) is 6.42 Å². The molecule has 16 heavy (non-hydrogen) atoms. The molecule has 0 bridgehead atoms. The molecule has 0 aliphatic carbocycles. The van der Waals surface area contributed by atoms with E-state index in [4.69, 9.17) is 22.4 Å². The van der Waals surface area contributed by atoms with Crippen LogP contribution >= 0.6 is 12.4 Å². The number of carboxylic acids is 1. The lowest BCUT2D eigenvalue weighted by Crippen LogP contribution is -2.48. The highest BCUT2D eigenvalue weighted by Gasteiger charge is 2.31. The maximum atomic E-state index is 10.8. The maximum absolute atomic E-state index is 10.8. The number of benzene rings is 1. The van der Waals surface area contributed by atoms with Crippen molar-refractivity contribution in [2.24, 2.45) is 5.73 Å². The number of terminal acetylenes is 1. The Bertz CT molecular complexity index is 410. The largest absolute Gasteiger partial charge is 0.508 e. The van der Waals surface area contributed by atoms with Crippen LogP contribution in [0.1, 0.15) is 5.56 Å². The van der Waals surface area contributed by atoms with Gasteiger partial charge in [-0.2, -0.15) is 0 Å². The molecular weight excluding hydrogens is 230 g/mol. The zero-order chi connectivity index (χ0) is 11.5. The van der Waals surface area contributed by atoms with Gasteiger partial charge in [-0.25, -0.2) is 4.79 Å². The van der Waals surface area contributed by atoms with Crippen LogP contribution in [0.5, 0.6) is 5.75 Å². The van der Waals surface area contributed by atoms with Crippen LogP contribution in [0.3, 0.4) is 0 Å². The smallest absolute Gasteiger partial charge is 0.336 e. The quantitative estimate of drug-likeness (QED) is 0.683. The number of aliphatic carboxylic acids is 1. The van der Waals surface area contributed by atoms with Crippen LogP contribution in [-0.2, 0) is 11.2 Å². The zero-order valence-corrected chi connectivity index (χ0v) is 9.20. The molecule has 5 heteroatoms. The first-order valence-corrected chi connectivity index (χ1v) is 4.26.